The molecule has 0 aliphatic heterocycles. The minimum atomic E-state index is -1.40. The first-order chi connectivity index (χ1) is 7.45. The minimum Gasteiger partial charge on any atom is -0.478 e. The third kappa shape index (κ3) is 2.27. The quantitative estimate of drug-likeness (QED) is 0.737. The van der Waals surface area contributed by atoms with Crippen molar-refractivity contribution in [2.75, 3.05) is 0 Å². The lowest BCUT2D eigenvalue weighted by Gasteiger charge is -2.00. The molecule has 0 aliphatic carbocycles. The van der Waals surface area contributed by atoms with E-state index >= 15 is 0 Å². The lowest BCUT2D eigenvalue weighted by atomic mass is 10.1. The summed E-state index contributed by atoms with van der Waals surface area (Å²) < 4.78 is 0. The molecule has 1 amide bonds. The van der Waals surface area contributed by atoms with Crippen molar-refractivity contribution in [3.63, 3.8) is 0 Å². The van der Waals surface area contributed by atoms with E-state index in [4.69, 9.17) is 10.2 Å². The van der Waals surface area contributed by atoms with E-state index in [0.717, 1.165) is 18.2 Å². The zero-order valence-electron chi connectivity index (χ0n) is 7.71. The van der Waals surface area contributed by atoms with Gasteiger partial charge in [-0.1, -0.05) is 0 Å². The fraction of sp³-hybridized carbons (Fsp3) is 0. The third-order valence-electron chi connectivity index (χ3n) is 1.76. The largest absolute Gasteiger partial charge is 0.478 e. The van der Waals surface area contributed by atoms with Crippen molar-refractivity contribution in [3.8, 4) is 0 Å². The van der Waals surface area contributed by atoms with Gasteiger partial charge in [-0.05, 0) is 18.2 Å². The van der Waals surface area contributed by atoms with Gasteiger partial charge in [0.15, 0.2) is 0 Å². The molecule has 0 atom stereocenters. The summed E-state index contributed by atoms with van der Waals surface area (Å²) in [4.78, 5) is 42.1. The van der Waals surface area contributed by atoms with E-state index in [-0.39, 0.29) is 5.56 Å². The number of nitrogens with zero attached hydrogens (tertiary/aromatic N) is 1. The maximum absolute atomic E-state index is 10.9. The Morgan fingerprint density at radius 1 is 0.875 bits per heavy atom. The van der Waals surface area contributed by atoms with Crippen LogP contribution in [0.25, 0.3) is 0 Å². The zero-order chi connectivity index (χ0) is 12.3. The molecule has 0 aliphatic rings. The van der Waals surface area contributed by atoms with Gasteiger partial charge < -0.3 is 10.2 Å². The Morgan fingerprint density at radius 3 is 1.56 bits per heavy atom. The first-order valence-electron chi connectivity index (χ1n) is 3.95. The monoisotopic (exact) mass is 223 g/mol. The molecule has 0 saturated heterocycles. The van der Waals surface area contributed by atoms with Crippen molar-refractivity contribution in [2.45, 2.75) is 0 Å². The molecule has 1 aromatic rings. The van der Waals surface area contributed by atoms with Gasteiger partial charge in [-0.15, -0.1) is 4.91 Å². The number of carboxylic acid groups (broad SMARTS) is 2. The number of nitroso groups, excluding NO2 is 1. The fourth-order valence-corrected chi connectivity index (χ4v) is 1.05. The molecular weight excluding hydrogens is 218 g/mol. The van der Waals surface area contributed by atoms with Crippen LogP contribution in [0.4, 0.5) is 0 Å². The molecule has 0 heterocycles. The van der Waals surface area contributed by atoms with Gasteiger partial charge in [0, 0.05) is 10.7 Å². The molecule has 0 spiro atoms. The standard InChI is InChI=1S/C9H5NO6/c11-7(10-16)4-1-5(8(12)13)3-6(2-4)9(14)15/h1-3H,(H,12,13)(H,14,15). The number of hydrogen-bond donors (Lipinski definition) is 2. The Labute approximate surface area is 88.3 Å². The molecule has 0 saturated carbocycles. The van der Waals surface area contributed by atoms with Crippen LogP contribution in [0.15, 0.2) is 23.4 Å². The Bertz CT molecular complexity index is 461. The number of carbonyl (C=O) groups is 3. The molecule has 0 aromatic heterocycles. The van der Waals surface area contributed by atoms with Crippen LogP contribution in [-0.4, -0.2) is 28.1 Å². The van der Waals surface area contributed by atoms with Crippen LogP contribution >= 0.6 is 0 Å². The fourth-order valence-electron chi connectivity index (χ4n) is 1.05. The summed E-state index contributed by atoms with van der Waals surface area (Å²) in [5, 5.41) is 19.4. The number of carboxylic acids is 2. The molecule has 7 heteroatoms. The molecule has 0 bridgehead atoms. The summed E-state index contributed by atoms with van der Waals surface area (Å²) in [5.41, 5.74) is -1.16. The summed E-state index contributed by atoms with van der Waals surface area (Å²) in [6, 6.07) is 2.66. The van der Waals surface area contributed by atoms with E-state index in [1.54, 1.807) is 0 Å². The summed E-state index contributed by atoms with van der Waals surface area (Å²) in [6.07, 6.45) is 0. The topological polar surface area (TPSA) is 121 Å². The smallest absolute Gasteiger partial charge is 0.335 e. The molecule has 0 fully saturated rings. The van der Waals surface area contributed by atoms with Gasteiger partial charge in [0.05, 0.1) is 11.1 Å². The number of hydrogen-bond acceptors (Lipinski definition) is 4. The van der Waals surface area contributed by atoms with Crippen LogP contribution in [0.5, 0.6) is 0 Å². The van der Waals surface area contributed by atoms with Gasteiger partial charge in [0.1, 0.15) is 0 Å². The first kappa shape index (κ1) is 11.5. The molecule has 7 nitrogen and oxygen atoms in total. The van der Waals surface area contributed by atoms with E-state index < -0.39 is 29.0 Å². The highest BCUT2D eigenvalue weighted by molar-refractivity contribution is 6.01. The van der Waals surface area contributed by atoms with Crippen LogP contribution in [0.3, 0.4) is 0 Å². The van der Waals surface area contributed by atoms with Gasteiger partial charge in [-0.3, -0.25) is 4.79 Å². The molecular formula is C9H5NO6. The third-order valence-corrected chi connectivity index (χ3v) is 1.76. The second-order valence-corrected chi connectivity index (χ2v) is 2.81. The molecule has 0 unspecified atom stereocenters. The number of amides is 1. The summed E-state index contributed by atoms with van der Waals surface area (Å²) in [5.74, 6) is -4.02. The van der Waals surface area contributed by atoms with Crippen molar-refractivity contribution >= 4 is 17.8 Å². The molecule has 82 valence electrons. The lowest BCUT2D eigenvalue weighted by molar-refractivity contribution is 0.0696. The normalized spacial score (nSPS) is 9.50. The minimum absolute atomic E-state index is 0.368. The van der Waals surface area contributed by atoms with Crippen molar-refractivity contribution in [1.29, 1.82) is 0 Å². The number of carbonyl (C=O) groups excluding carboxylic acids is 1. The molecule has 1 rings (SSSR count). The SMILES string of the molecule is O=NC(=O)c1cc(C(=O)O)cc(C(=O)O)c1. The Kier molecular flexibility index (Phi) is 3.09. The van der Waals surface area contributed by atoms with Gasteiger partial charge in [0.2, 0.25) is 0 Å². The number of benzene rings is 1. The maximum atomic E-state index is 10.9. The number of aromatic carboxylic acids is 2. The molecule has 0 radical (unpaired) electrons. The van der Waals surface area contributed by atoms with Gasteiger partial charge in [-0.25, -0.2) is 9.59 Å². The van der Waals surface area contributed by atoms with E-state index in [1.165, 1.54) is 0 Å². The van der Waals surface area contributed by atoms with Crippen LogP contribution in [0.2, 0.25) is 0 Å². The van der Waals surface area contributed by atoms with Crippen molar-refractivity contribution in [3.05, 3.63) is 39.8 Å². The Morgan fingerprint density at radius 2 is 1.25 bits per heavy atom. The van der Waals surface area contributed by atoms with Crippen molar-refractivity contribution < 1.29 is 24.6 Å². The van der Waals surface area contributed by atoms with Crippen LogP contribution < -0.4 is 0 Å². The van der Waals surface area contributed by atoms with Crippen molar-refractivity contribution in [1.82, 2.24) is 0 Å². The highest BCUT2D eigenvalue weighted by Gasteiger charge is 2.15. The molecule has 1 aromatic carbocycles. The van der Waals surface area contributed by atoms with Crippen LogP contribution in [0.1, 0.15) is 31.1 Å². The first-order valence-corrected chi connectivity index (χ1v) is 3.95. The van der Waals surface area contributed by atoms with E-state index in [0.29, 0.717) is 0 Å². The Balaban J connectivity index is 3.40. The average molecular weight is 223 g/mol. The highest BCUT2D eigenvalue weighted by atomic mass is 16.4. The average Bonchev–Trinajstić information content (AvgIpc) is 2.27. The second-order valence-electron chi connectivity index (χ2n) is 2.81. The van der Waals surface area contributed by atoms with Gasteiger partial charge in [-0.2, -0.15) is 0 Å². The van der Waals surface area contributed by atoms with E-state index in [1.807, 2.05) is 0 Å². The van der Waals surface area contributed by atoms with E-state index in [2.05, 4.69) is 5.18 Å². The van der Waals surface area contributed by atoms with E-state index in [9.17, 15) is 19.3 Å². The zero-order valence-corrected chi connectivity index (χ0v) is 7.71. The van der Waals surface area contributed by atoms with Crippen LogP contribution in [-0.2, 0) is 0 Å². The van der Waals surface area contributed by atoms with Gasteiger partial charge >= 0.3 is 17.8 Å². The molecule has 2 N–H and O–H groups in total. The summed E-state index contributed by atoms with van der Waals surface area (Å²) in [6.45, 7) is 0. The van der Waals surface area contributed by atoms with Crippen LogP contribution in [0, 0.1) is 4.91 Å². The summed E-state index contributed by atoms with van der Waals surface area (Å²) in [7, 11) is 0. The molecule has 16 heavy (non-hydrogen) atoms. The summed E-state index contributed by atoms with van der Waals surface area (Å²) >= 11 is 0. The highest BCUT2D eigenvalue weighted by Crippen LogP contribution is 2.12. The predicted molar refractivity (Wildman–Crippen MR) is 50.5 cm³/mol. The number of rotatable bonds is 3. The second kappa shape index (κ2) is 4.30. The van der Waals surface area contributed by atoms with Gasteiger partial charge in [0.25, 0.3) is 0 Å². The predicted octanol–water partition coefficient (Wildman–Crippen LogP) is 0.990. The Hall–Kier alpha value is -2.57. The lowest BCUT2D eigenvalue weighted by Crippen LogP contribution is -2.06. The maximum Gasteiger partial charge on any atom is 0.335 e. The van der Waals surface area contributed by atoms with Crippen molar-refractivity contribution in [2.24, 2.45) is 5.18 Å².